The Kier molecular flexibility index (Phi) is 14.5. The number of anilines is 6. The van der Waals surface area contributed by atoms with Gasteiger partial charge in [0.1, 0.15) is 44.7 Å². The van der Waals surface area contributed by atoms with E-state index < -0.39 is 0 Å². The average Bonchev–Trinajstić information content (AvgIpc) is 1.53. The van der Waals surface area contributed by atoms with Crippen LogP contribution < -0.4 is 9.80 Å². The first-order valence-corrected chi connectivity index (χ1v) is 37.4. The molecule has 0 saturated heterocycles. The summed E-state index contributed by atoms with van der Waals surface area (Å²) in [6.07, 6.45) is 0. The van der Waals surface area contributed by atoms with Gasteiger partial charge in [0.05, 0.1) is 33.5 Å². The summed E-state index contributed by atoms with van der Waals surface area (Å²) < 4.78 is 26.5. The topological polar surface area (TPSA) is 59.0 Å². The van der Waals surface area contributed by atoms with Gasteiger partial charge < -0.3 is 27.5 Å². The SMILES string of the molecule is c1cc(-c2ccc(-c3cccc4ccccc34)cc2)cc(N(c2ccccc2-c2cccc3oc4ccc(-c5ccc6c(-c7ccc(-c8ccc(N(c9ccccc9-c9cccc%10oc%11ccccc%11c9%10)c9cccc%10oc%11ccccc%11c9%10)cc8)cc7)cccc6c5)cc4c23)c2cccc3oc4ccccc4c23)c1. The number of furan rings is 4. The van der Waals surface area contributed by atoms with E-state index in [1.807, 2.05) is 30.3 Å². The smallest absolute Gasteiger partial charge is 0.137 e. The number of hydrogen-bond donors (Lipinski definition) is 0. The number of hydrogen-bond acceptors (Lipinski definition) is 6. The van der Waals surface area contributed by atoms with E-state index in [2.05, 4.69) is 368 Å². The van der Waals surface area contributed by atoms with E-state index in [4.69, 9.17) is 17.7 Å². The van der Waals surface area contributed by atoms with Gasteiger partial charge in [-0.2, -0.15) is 0 Å². The van der Waals surface area contributed by atoms with Crippen molar-refractivity contribution in [2.45, 2.75) is 0 Å². The van der Waals surface area contributed by atoms with Crippen LogP contribution in [0.3, 0.4) is 0 Å². The van der Waals surface area contributed by atoms with Crippen molar-refractivity contribution < 1.29 is 17.7 Å². The van der Waals surface area contributed by atoms with E-state index >= 15 is 0 Å². The van der Waals surface area contributed by atoms with Gasteiger partial charge in [-0.15, -0.1) is 0 Å². The molecule has 0 aliphatic rings. The highest BCUT2D eigenvalue weighted by atomic mass is 16.3. The predicted octanol–water partition coefficient (Wildman–Crippen LogP) is 30.2. The van der Waals surface area contributed by atoms with Crippen LogP contribution in [0.25, 0.3) is 187 Å². The molecule has 0 unspecified atom stereocenters. The number of nitrogens with zero attached hydrogens (tertiary/aromatic N) is 2. The highest BCUT2D eigenvalue weighted by molar-refractivity contribution is 6.19. The number of fused-ring (bicyclic) bond motifs is 14. The highest BCUT2D eigenvalue weighted by Gasteiger charge is 2.27. The fourth-order valence-corrected chi connectivity index (χ4v) is 17.2. The van der Waals surface area contributed by atoms with Crippen LogP contribution in [0.15, 0.2) is 406 Å². The molecule has 0 saturated carbocycles. The van der Waals surface area contributed by atoms with Gasteiger partial charge in [-0.3, -0.25) is 0 Å². The molecule has 6 nitrogen and oxygen atoms in total. The van der Waals surface area contributed by atoms with Crippen LogP contribution in [0.2, 0.25) is 0 Å². The summed E-state index contributed by atoms with van der Waals surface area (Å²) in [4.78, 5) is 4.81. The molecule has 0 spiro atoms. The highest BCUT2D eigenvalue weighted by Crippen LogP contribution is 2.52. The molecular formula is C104H64N2O4. The van der Waals surface area contributed by atoms with Crippen molar-refractivity contribution in [3.8, 4) is 77.9 Å². The second-order valence-corrected chi connectivity index (χ2v) is 28.5. The lowest BCUT2D eigenvalue weighted by Crippen LogP contribution is -2.11. The molecule has 6 heteroatoms. The Labute approximate surface area is 633 Å². The average molecular weight is 1410 g/mol. The van der Waals surface area contributed by atoms with E-state index in [0.717, 1.165) is 188 Å². The first-order valence-electron chi connectivity index (χ1n) is 37.4. The second kappa shape index (κ2) is 25.5. The molecule has 0 aliphatic carbocycles. The minimum atomic E-state index is 0.825. The minimum absolute atomic E-state index is 0.825. The molecule has 0 fully saturated rings. The lowest BCUT2D eigenvalue weighted by Gasteiger charge is -2.29. The van der Waals surface area contributed by atoms with Crippen molar-refractivity contribution in [3.05, 3.63) is 388 Å². The van der Waals surface area contributed by atoms with Crippen molar-refractivity contribution in [1.29, 1.82) is 0 Å². The normalized spacial score (nSPS) is 11.8. The van der Waals surface area contributed by atoms with E-state index in [1.54, 1.807) is 0 Å². The third-order valence-electron chi connectivity index (χ3n) is 22.3. The Bertz CT molecular complexity index is 7410. The summed E-state index contributed by atoms with van der Waals surface area (Å²) in [5.41, 5.74) is 28.6. The van der Waals surface area contributed by atoms with Crippen molar-refractivity contribution in [2.24, 2.45) is 0 Å². The quantitative estimate of drug-likeness (QED) is 0.115. The molecule has 22 aromatic rings. The van der Waals surface area contributed by atoms with E-state index in [0.29, 0.717) is 0 Å². The molecule has 110 heavy (non-hydrogen) atoms. The van der Waals surface area contributed by atoms with Crippen LogP contribution in [-0.2, 0) is 0 Å². The fourth-order valence-electron chi connectivity index (χ4n) is 17.2. The Balaban J connectivity index is 0.596. The first kappa shape index (κ1) is 62.6. The largest absolute Gasteiger partial charge is 0.456 e. The maximum absolute atomic E-state index is 6.84. The van der Waals surface area contributed by atoms with Crippen LogP contribution in [-0.4, -0.2) is 0 Å². The summed E-state index contributed by atoms with van der Waals surface area (Å²) in [7, 11) is 0. The first-order chi connectivity index (χ1) is 54.5. The lowest BCUT2D eigenvalue weighted by atomic mass is 9.93. The van der Waals surface area contributed by atoms with Gasteiger partial charge in [0.15, 0.2) is 0 Å². The molecule has 0 amide bonds. The zero-order valence-electron chi connectivity index (χ0n) is 59.5. The third kappa shape index (κ3) is 10.3. The van der Waals surface area contributed by atoms with Crippen LogP contribution in [0.5, 0.6) is 0 Å². The molecule has 4 aromatic heterocycles. The molecule has 0 aliphatic heterocycles. The third-order valence-corrected chi connectivity index (χ3v) is 22.3. The van der Waals surface area contributed by atoms with Gasteiger partial charge in [-0.05, 0) is 198 Å². The van der Waals surface area contributed by atoms with Crippen LogP contribution in [0.1, 0.15) is 0 Å². The van der Waals surface area contributed by atoms with Crippen LogP contribution in [0.4, 0.5) is 34.1 Å². The Morgan fingerprint density at radius 1 is 0.155 bits per heavy atom. The molecule has 0 atom stereocenters. The molecule has 0 N–H and O–H groups in total. The molecule has 0 radical (unpaired) electrons. The van der Waals surface area contributed by atoms with E-state index in [-0.39, 0.29) is 0 Å². The number of para-hydroxylation sites is 5. The maximum atomic E-state index is 6.84. The van der Waals surface area contributed by atoms with Gasteiger partial charge in [0, 0.05) is 54.8 Å². The Hall–Kier alpha value is -14.7. The summed E-state index contributed by atoms with van der Waals surface area (Å²) in [6.45, 7) is 0. The van der Waals surface area contributed by atoms with E-state index in [1.165, 1.54) is 32.8 Å². The summed E-state index contributed by atoms with van der Waals surface area (Å²) in [5, 5.41) is 13.3. The molecule has 0 bridgehead atoms. The molecule has 4 heterocycles. The Morgan fingerprint density at radius 3 is 1.07 bits per heavy atom. The van der Waals surface area contributed by atoms with Crippen molar-refractivity contribution >= 4 is 143 Å². The second-order valence-electron chi connectivity index (χ2n) is 28.5. The summed E-state index contributed by atoms with van der Waals surface area (Å²) in [6, 6.07) is 139. The standard InChI is InChI=1S/C104H64N2O4/c1-2-25-77-68(20-1)21-14-31-78(77)69-52-48-67(49-53-69)71-22-13-24-76(63-71)106(92-38-19-45-100-104(92)87-30-7-12-41-95(87)109-100)90-36-9-4-27-82(90)84-34-17-43-98-102(84)88-64-73(57-61-96(88)110-98)72-56-60-80-74(62-72)23-15-32-79(80)70-50-46-65(47-51-70)66-54-58-75(59-55-66)105(91-37-18-44-99-103(91)86-29-6-11-40-94(86)108-99)89-35-8-3-26-81(89)83-33-16-42-97-101(83)85-28-5-10-39-93(85)107-97/h1-64H. The zero-order valence-corrected chi connectivity index (χ0v) is 59.5. The van der Waals surface area contributed by atoms with Gasteiger partial charge >= 0.3 is 0 Å². The van der Waals surface area contributed by atoms with Crippen molar-refractivity contribution in [2.75, 3.05) is 9.80 Å². The predicted molar refractivity (Wildman–Crippen MR) is 458 cm³/mol. The molecule has 22 rings (SSSR count). The number of benzene rings is 18. The minimum Gasteiger partial charge on any atom is -0.456 e. The lowest BCUT2D eigenvalue weighted by molar-refractivity contribution is 0.668. The van der Waals surface area contributed by atoms with Gasteiger partial charge in [0.2, 0.25) is 0 Å². The molecular weight excluding hydrogens is 1340 g/mol. The summed E-state index contributed by atoms with van der Waals surface area (Å²) in [5.74, 6) is 0. The zero-order chi connectivity index (χ0) is 72.3. The van der Waals surface area contributed by atoms with Crippen molar-refractivity contribution in [1.82, 2.24) is 0 Å². The van der Waals surface area contributed by atoms with Crippen LogP contribution >= 0.6 is 0 Å². The van der Waals surface area contributed by atoms with E-state index in [9.17, 15) is 0 Å². The van der Waals surface area contributed by atoms with Crippen molar-refractivity contribution in [3.63, 3.8) is 0 Å². The number of rotatable bonds is 13. The monoisotopic (exact) mass is 1400 g/mol. The van der Waals surface area contributed by atoms with Gasteiger partial charge in [0.25, 0.3) is 0 Å². The maximum Gasteiger partial charge on any atom is 0.137 e. The van der Waals surface area contributed by atoms with Crippen LogP contribution in [0, 0.1) is 0 Å². The fraction of sp³-hybridized carbons (Fsp3) is 0. The Morgan fingerprint density at radius 2 is 0.491 bits per heavy atom. The molecule has 18 aromatic carbocycles. The van der Waals surface area contributed by atoms with Gasteiger partial charge in [-0.1, -0.05) is 279 Å². The van der Waals surface area contributed by atoms with Gasteiger partial charge in [-0.25, -0.2) is 0 Å². The molecule has 514 valence electrons. The summed E-state index contributed by atoms with van der Waals surface area (Å²) >= 11 is 0.